The number of nitrogens with one attached hydrogen (secondary N) is 3. The predicted molar refractivity (Wildman–Crippen MR) is 102 cm³/mol. The van der Waals surface area contributed by atoms with E-state index in [1.807, 2.05) is 14.0 Å². The lowest BCUT2D eigenvalue weighted by atomic mass is 9.81. The average molecular weight is 320 g/mol. The first-order chi connectivity index (χ1) is 10.9. The molecule has 0 heterocycles. The fourth-order valence-electron chi connectivity index (χ4n) is 3.29. The molecule has 0 spiro atoms. The summed E-state index contributed by atoms with van der Waals surface area (Å²) in [6, 6.07) is 0.601. The van der Waals surface area contributed by atoms with Crippen molar-refractivity contribution in [2.75, 3.05) is 7.05 Å². The smallest absolute Gasteiger partial charge is 0.103 e. The van der Waals surface area contributed by atoms with E-state index in [9.17, 15) is 0 Å². The van der Waals surface area contributed by atoms with E-state index in [-0.39, 0.29) is 0 Å². The van der Waals surface area contributed by atoms with Gasteiger partial charge in [-0.05, 0) is 64.9 Å². The van der Waals surface area contributed by atoms with Gasteiger partial charge >= 0.3 is 0 Å². The van der Waals surface area contributed by atoms with Gasteiger partial charge in [-0.3, -0.25) is 5.32 Å². The lowest BCUT2D eigenvalue weighted by molar-refractivity contribution is 0.273. The van der Waals surface area contributed by atoms with Crippen molar-refractivity contribution in [2.24, 2.45) is 5.92 Å². The van der Waals surface area contributed by atoms with Crippen LogP contribution in [0.2, 0.25) is 0 Å². The van der Waals surface area contributed by atoms with Gasteiger partial charge < -0.3 is 10.6 Å². The normalized spacial score (nSPS) is 24.7. The fourth-order valence-corrected chi connectivity index (χ4v) is 3.29. The Labute approximate surface area is 143 Å². The van der Waals surface area contributed by atoms with Gasteiger partial charge in [-0.15, -0.1) is 0 Å². The summed E-state index contributed by atoms with van der Waals surface area (Å²) in [7, 11) is 1.97. The summed E-state index contributed by atoms with van der Waals surface area (Å²) >= 11 is 0. The second kappa shape index (κ2) is 9.82. The highest BCUT2D eigenvalue weighted by Crippen LogP contribution is 2.30. The topological polar surface area (TPSA) is 36.1 Å². The zero-order chi connectivity index (χ0) is 17.4. The van der Waals surface area contributed by atoms with Crippen molar-refractivity contribution < 1.29 is 0 Å². The molecular weight excluding hydrogens is 282 g/mol. The molecule has 1 fully saturated rings. The van der Waals surface area contributed by atoms with E-state index < -0.39 is 0 Å². The summed E-state index contributed by atoms with van der Waals surface area (Å²) in [5, 5.41) is 10.7. The van der Waals surface area contributed by atoms with Gasteiger partial charge in [-0.1, -0.05) is 37.1 Å². The van der Waals surface area contributed by atoms with E-state index in [0.29, 0.717) is 12.2 Å². The summed E-state index contributed by atoms with van der Waals surface area (Å²) in [6.45, 7) is 14.9. The highest BCUT2D eigenvalue weighted by Gasteiger charge is 2.24. The quantitative estimate of drug-likeness (QED) is 0.351. The van der Waals surface area contributed by atoms with Gasteiger partial charge in [0.1, 0.15) is 5.82 Å². The molecule has 3 heteroatoms. The van der Waals surface area contributed by atoms with Crippen molar-refractivity contribution in [3.8, 4) is 0 Å². The molecule has 132 valence electrons. The average Bonchev–Trinajstić information content (AvgIpc) is 2.57. The zero-order valence-electron chi connectivity index (χ0n) is 16.1. The molecule has 3 atom stereocenters. The third kappa shape index (κ3) is 6.06. The molecule has 0 amide bonds. The third-order valence-corrected chi connectivity index (χ3v) is 5.20. The van der Waals surface area contributed by atoms with Crippen molar-refractivity contribution >= 4 is 0 Å². The molecule has 1 aliphatic rings. The first-order valence-corrected chi connectivity index (χ1v) is 9.12. The Bertz CT molecular complexity index is 448. The van der Waals surface area contributed by atoms with Crippen molar-refractivity contribution in [2.45, 2.75) is 78.9 Å². The van der Waals surface area contributed by atoms with Gasteiger partial charge in [0.15, 0.2) is 0 Å². The predicted octanol–water partition coefficient (Wildman–Crippen LogP) is 4.45. The highest BCUT2D eigenvalue weighted by atomic mass is 15.2. The Balaban J connectivity index is 2.69. The minimum Gasteiger partial charge on any atom is -0.375 e. The molecule has 1 rings (SSSR count). The van der Waals surface area contributed by atoms with Gasteiger partial charge in [0.05, 0.1) is 6.17 Å². The standard InChI is InChI=1S/C20H37N3/c1-8-15(5)17-11-10-12-18(13-17)22-19(9-2)23-20(21-7)16(6)14(3)4/h8,17-19,21-23H,3,9-13H2,1-2,4-7H3/b15-8-,20-16+. The first kappa shape index (κ1) is 19.8. The van der Waals surface area contributed by atoms with Crippen LogP contribution in [0, 0.1) is 5.92 Å². The molecule has 0 aliphatic heterocycles. The molecule has 0 radical (unpaired) electrons. The number of hydrogen-bond donors (Lipinski definition) is 3. The molecule has 3 unspecified atom stereocenters. The monoisotopic (exact) mass is 319 g/mol. The zero-order valence-corrected chi connectivity index (χ0v) is 16.1. The van der Waals surface area contributed by atoms with Gasteiger partial charge in [0, 0.05) is 13.1 Å². The van der Waals surface area contributed by atoms with E-state index in [2.05, 4.69) is 56.3 Å². The molecule has 23 heavy (non-hydrogen) atoms. The summed E-state index contributed by atoms with van der Waals surface area (Å²) in [4.78, 5) is 0. The van der Waals surface area contributed by atoms with Crippen molar-refractivity contribution in [3.05, 3.63) is 35.2 Å². The molecule has 0 aromatic heterocycles. The fraction of sp³-hybridized carbons (Fsp3) is 0.700. The molecule has 1 aliphatic carbocycles. The Morgan fingerprint density at radius 2 is 1.96 bits per heavy atom. The van der Waals surface area contributed by atoms with Crippen LogP contribution in [0.5, 0.6) is 0 Å². The van der Waals surface area contributed by atoms with Crippen LogP contribution in [0.4, 0.5) is 0 Å². The molecule has 1 saturated carbocycles. The van der Waals surface area contributed by atoms with Crippen LogP contribution in [0.3, 0.4) is 0 Å². The van der Waals surface area contributed by atoms with E-state index in [4.69, 9.17) is 0 Å². The molecule has 3 N–H and O–H groups in total. The van der Waals surface area contributed by atoms with Gasteiger partial charge in [0.25, 0.3) is 0 Å². The van der Waals surface area contributed by atoms with Crippen molar-refractivity contribution in [1.29, 1.82) is 0 Å². The van der Waals surface area contributed by atoms with Gasteiger partial charge in [0.2, 0.25) is 0 Å². The van der Waals surface area contributed by atoms with Crippen LogP contribution in [0.1, 0.15) is 66.7 Å². The Morgan fingerprint density at radius 1 is 1.26 bits per heavy atom. The Morgan fingerprint density at radius 3 is 2.48 bits per heavy atom. The lowest BCUT2D eigenvalue weighted by Crippen LogP contribution is -2.49. The summed E-state index contributed by atoms with van der Waals surface area (Å²) < 4.78 is 0. The molecule has 0 aromatic rings. The van der Waals surface area contributed by atoms with Gasteiger partial charge in [-0.25, -0.2) is 0 Å². The number of allylic oxidation sites excluding steroid dienone is 4. The molecule has 0 saturated heterocycles. The van der Waals surface area contributed by atoms with Crippen molar-refractivity contribution in [1.82, 2.24) is 16.0 Å². The van der Waals surface area contributed by atoms with Crippen LogP contribution in [0.25, 0.3) is 0 Å². The molecule has 3 nitrogen and oxygen atoms in total. The third-order valence-electron chi connectivity index (χ3n) is 5.20. The Kier molecular flexibility index (Phi) is 8.46. The Hall–Kier alpha value is -1.22. The summed E-state index contributed by atoms with van der Waals surface area (Å²) in [6.07, 6.45) is 8.83. The van der Waals surface area contributed by atoms with Crippen LogP contribution >= 0.6 is 0 Å². The van der Waals surface area contributed by atoms with E-state index >= 15 is 0 Å². The minimum atomic E-state index is 0.293. The highest BCUT2D eigenvalue weighted by molar-refractivity contribution is 5.28. The maximum Gasteiger partial charge on any atom is 0.103 e. The van der Waals surface area contributed by atoms with E-state index in [1.165, 1.54) is 31.3 Å². The van der Waals surface area contributed by atoms with Crippen LogP contribution < -0.4 is 16.0 Å². The minimum absolute atomic E-state index is 0.293. The first-order valence-electron chi connectivity index (χ1n) is 9.12. The SMILES string of the molecule is C=C(C)/C(C)=C(\NC)NC(CC)NC1CCCC(/C(C)=C\C)C1. The molecule has 0 aromatic carbocycles. The summed E-state index contributed by atoms with van der Waals surface area (Å²) in [5.41, 5.74) is 3.84. The summed E-state index contributed by atoms with van der Waals surface area (Å²) in [5.74, 6) is 1.83. The van der Waals surface area contributed by atoms with Crippen LogP contribution in [0.15, 0.2) is 35.2 Å². The lowest BCUT2D eigenvalue weighted by Gasteiger charge is -2.34. The number of rotatable bonds is 8. The van der Waals surface area contributed by atoms with E-state index in [1.54, 1.807) is 5.57 Å². The molecular formula is C20H37N3. The van der Waals surface area contributed by atoms with Crippen LogP contribution in [-0.4, -0.2) is 19.3 Å². The second-order valence-electron chi connectivity index (χ2n) is 6.90. The molecule has 0 bridgehead atoms. The van der Waals surface area contributed by atoms with E-state index in [0.717, 1.165) is 23.7 Å². The number of hydrogen-bond acceptors (Lipinski definition) is 3. The largest absolute Gasteiger partial charge is 0.375 e. The maximum atomic E-state index is 4.05. The van der Waals surface area contributed by atoms with Crippen molar-refractivity contribution in [3.63, 3.8) is 0 Å². The second-order valence-corrected chi connectivity index (χ2v) is 6.90. The van der Waals surface area contributed by atoms with Crippen LogP contribution in [-0.2, 0) is 0 Å². The maximum absolute atomic E-state index is 4.05. The van der Waals surface area contributed by atoms with Gasteiger partial charge in [-0.2, -0.15) is 0 Å².